The Morgan fingerprint density at radius 2 is 1.10 bits per heavy atom. The second-order valence-corrected chi connectivity index (χ2v) is 3.08. The minimum Gasteiger partial charge on any atom is -0.465 e. The first kappa shape index (κ1) is 18.2. The summed E-state index contributed by atoms with van der Waals surface area (Å²) < 4.78 is 10.2. The second kappa shape index (κ2) is 11.1. The molecule has 0 aliphatic carbocycles. The lowest BCUT2D eigenvalue weighted by atomic mass is 10.3. The molecule has 0 aromatic rings. The standard InChI is InChI=1S/C12H20O8/c1-5-15-12(16-6-2)9(10(13)19-17-7-3)11(14)20-18-8-4/h5-8H2,1-4H3. The van der Waals surface area contributed by atoms with E-state index >= 15 is 0 Å². The first-order valence-electron chi connectivity index (χ1n) is 6.29. The van der Waals surface area contributed by atoms with Crippen LogP contribution in [0.4, 0.5) is 0 Å². The van der Waals surface area contributed by atoms with Gasteiger partial charge in [0.15, 0.2) is 0 Å². The third-order valence-electron chi connectivity index (χ3n) is 1.67. The van der Waals surface area contributed by atoms with E-state index in [1.54, 1.807) is 27.7 Å². The van der Waals surface area contributed by atoms with Crippen molar-refractivity contribution < 1.29 is 38.6 Å². The molecular weight excluding hydrogens is 272 g/mol. The van der Waals surface area contributed by atoms with E-state index in [1.807, 2.05) is 0 Å². The van der Waals surface area contributed by atoms with Gasteiger partial charge in [0.05, 0.1) is 26.4 Å². The average molecular weight is 292 g/mol. The summed E-state index contributed by atoms with van der Waals surface area (Å²) in [4.78, 5) is 41.4. The molecule has 0 saturated heterocycles. The zero-order valence-corrected chi connectivity index (χ0v) is 12.1. The maximum Gasteiger partial charge on any atom is 0.387 e. The van der Waals surface area contributed by atoms with E-state index in [1.165, 1.54) is 0 Å². The summed E-state index contributed by atoms with van der Waals surface area (Å²) in [5.74, 6) is -2.48. The van der Waals surface area contributed by atoms with Crippen LogP contribution in [0.15, 0.2) is 11.5 Å². The minimum atomic E-state index is -1.09. The molecule has 20 heavy (non-hydrogen) atoms. The van der Waals surface area contributed by atoms with Crippen molar-refractivity contribution in [3.63, 3.8) is 0 Å². The van der Waals surface area contributed by atoms with Gasteiger partial charge in [-0.1, -0.05) is 0 Å². The molecule has 0 N–H and O–H groups in total. The molecule has 0 aromatic carbocycles. The molecule has 0 spiro atoms. The molecule has 8 heteroatoms. The highest BCUT2D eigenvalue weighted by Crippen LogP contribution is 2.13. The molecule has 0 aliphatic heterocycles. The van der Waals surface area contributed by atoms with Crippen LogP contribution in [0.1, 0.15) is 27.7 Å². The molecule has 0 aromatic heterocycles. The van der Waals surface area contributed by atoms with Crippen molar-refractivity contribution in [2.24, 2.45) is 0 Å². The largest absolute Gasteiger partial charge is 0.465 e. The normalized spacial score (nSPS) is 9.60. The lowest BCUT2D eigenvalue weighted by Gasteiger charge is -2.12. The van der Waals surface area contributed by atoms with Crippen LogP contribution in [0.2, 0.25) is 0 Å². The summed E-state index contributed by atoms with van der Waals surface area (Å²) in [5, 5.41) is 0. The van der Waals surface area contributed by atoms with Crippen LogP contribution in [0, 0.1) is 0 Å². The fourth-order valence-electron chi connectivity index (χ4n) is 1.01. The van der Waals surface area contributed by atoms with Gasteiger partial charge in [0.2, 0.25) is 5.57 Å². The van der Waals surface area contributed by atoms with E-state index < -0.39 is 17.5 Å². The molecule has 0 rings (SSSR count). The molecule has 0 atom stereocenters. The van der Waals surface area contributed by atoms with Crippen molar-refractivity contribution in [1.82, 2.24) is 0 Å². The van der Waals surface area contributed by atoms with Crippen molar-refractivity contribution >= 4 is 11.9 Å². The predicted molar refractivity (Wildman–Crippen MR) is 65.7 cm³/mol. The molecule has 0 saturated carbocycles. The first-order chi connectivity index (χ1) is 9.62. The Bertz CT molecular complexity index is 306. The predicted octanol–water partition coefficient (Wildman–Crippen LogP) is 1.26. The number of ether oxygens (including phenoxy) is 2. The average Bonchev–Trinajstić information content (AvgIpc) is 2.43. The summed E-state index contributed by atoms with van der Waals surface area (Å²) in [6.45, 7) is 7.17. The first-order valence-corrected chi connectivity index (χ1v) is 6.29. The summed E-state index contributed by atoms with van der Waals surface area (Å²) in [6, 6.07) is 0. The molecule has 0 fully saturated rings. The number of hydrogen-bond donors (Lipinski definition) is 0. The maximum absolute atomic E-state index is 11.8. The van der Waals surface area contributed by atoms with Crippen molar-refractivity contribution in [2.45, 2.75) is 27.7 Å². The Labute approximate surface area is 117 Å². The fourth-order valence-corrected chi connectivity index (χ4v) is 1.01. The molecule has 0 bridgehead atoms. The van der Waals surface area contributed by atoms with E-state index in [0.29, 0.717) is 0 Å². The van der Waals surface area contributed by atoms with Gasteiger partial charge >= 0.3 is 17.9 Å². The minimum absolute atomic E-state index is 0.123. The van der Waals surface area contributed by atoms with Gasteiger partial charge in [-0.25, -0.2) is 9.59 Å². The third-order valence-corrected chi connectivity index (χ3v) is 1.67. The summed E-state index contributed by atoms with van der Waals surface area (Å²) in [6.07, 6.45) is 0. The maximum atomic E-state index is 11.8. The molecule has 0 unspecified atom stereocenters. The molecule has 0 radical (unpaired) electrons. The Hall–Kier alpha value is -1.80. The molecule has 0 aliphatic rings. The quantitative estimate of drug-likeness (QED) is 0.148. The molecule has 8 nitrogen and oxygen atoms in total. The molecule has 116 valence electrons. The van der Waals surface area contributed by atoms with Gasteiger partial charge in [-0.3, -0.25) is 9.78 Å². The van der Waals surface area contributed by atoms with Gasteiger partial charge in [-0.15, -0.1) is 0 Å². The van der Waals surface area contributed by atoms with Gasteiger partial charge in [-0.2, -0.15) is 9.78 Å². The lowest BCUT2D eigenvalue weighted by molar-refractivity contribution is -0.274. The van der Waals surface area contributed by atoms with Crippen LogP contribution >= 0.6 is 0 Å². The Morgan fingerprint density at radius 3 is 1.40 bits per heavy atom. The van der Waals surface area contributed by atoms with Crippen LogP contribution in [0.5, 0.6) is 0 Å². The van der Waals surface area contributed by atoms with Gasteiger partial charge in [0.1, 0.15) is 0 Å². The number of hydrogen-bond acceptors (Lipinski definition) is 8. The smallest absolute Gasteiger partial charge is 0.387 e. The highest BCUT2D eigenvalue weighted by atomic mass is 17.2. The monoisotopic (exact) mass is 292 g/mol. The number of carbonyl (C=O) groups excluding carboxylic acids is 2. The summed E-state index contributed by atoms with van der Waals surface area (Å²) in [7, 11) is 0. The van der Waals surface area contributed by atoms with Crippen molar-refractivity contribution in [3.05, 3.63) is 11.5 Å². The van der Waals surface area contributed by atoms with Crippen LogP contribution in [0.25, 0.3) is 0 Å². The lowest BCUT2D eigenvalue weighted by Crippen LogP contribution is -2.23. The van der Waals surface area contributed by atoms with Crippen LogP contribution < -0.4 is 0 Å². The molecule has 0 amide bonds. The fraction of sp³-hybridized carbons (Fsp3) is 0.667. The van der Waals surface area contributed by atoms with Crippen LogP contribution in [-0.2, 0) is 38.6 Å². The van der Waals surface area contributed by atoms with Gasteiger partial charge in [0, 0.05) is 0 Å². The van der Waals surface area contributed by atoms with Gasteiger partial charge in [0.25, 0.3) is 0 Å². The Kier molecular flexibility index (Phi) is 10.1. The second-order valence-electron chi connectivity index (χ2n) is 3.08. The molecule has 0 heterocycles. The van der Waals surface area contributed by atoms with Crippen molar-refractivity contribution in [1.29, 1.82) is 0 Å². The summed E-state index contributed by atoms with van der Waals surface area (Å²) >= 11 is 0. The number of carbonyl (C=O) groups is 2. The third kappa shape index (κ3) is 6.39. The Balaban J connectivity index is 5.22. The zero-order chi connectivity index (χ0) is 15.4. The van der Waals surface area contributed by atoms with Crippen LogP contribution in [0.3, 0.4) is 0 Å². The van der Waals surface area contributed by atoms with E-state index in [-0.39, 0.29) is 32.4 Å². The van der Waals surface area contributed by atoms with Crippen molar-refractivity contribution in [3.8, 4) is 0 Å². The van der Waals surface area contributed by atoms with Gasteiger partial charge < -0.3 is 9.47 Å². The SMILES string of the molecule is CCOOC(=O)C(C(=O)OOCC)=C(OCC)OCC. The van der Waals surface area contributed by atoms with E-state index in [4.69, 9.17) is 9.47 Å². The van der Waals surface area contributed by atoms with Gasteiger partial charge in [-0.05, 0) is 27.7 Å². The highest BCUT2D eigenvalue weighted by Gasteiger charge is 2.31. The number of rotatable bonds is 10. The Morgan fingerprint density at radius 1 is 0.700 bits per heavy atom. The van der Waals surface area contributed by atoms with E-state index in [2.05, 4.69) is 19.6 Å². The van der Waals surface area contributed by atoms with E-state index in [9.17, 15) is 9.59 Å². The van der Waals surface area contributed by atoms with Crippen LogP contribution in [-0.4, -0.2) is 38.4 Å². The van der Waals surface area contributed by atoms with Crippen molar-refractivity contribution in [2.75, 3.05) is 26.4 Å². The zero-order valence-electron chi connectivity index (χ0n) is 12.1. The van der Waals surface area contributed by atoms with E-state index in [0.717, 1.165) is 0 Å². The summed E-state index contributed by atoms with van der Waals surface area (Å²) in [5.41, 5.74) is -0.574. The highest BCUT2D eigenvalue weighted by molar-refractivity contribution is 6.13. The molecular formula is C12H20O8. The topological polar surface area (TPSA) is 89.5 Å².